The third-order valence-corrected chi connectivity index (χ3v) is 6.22. The van der Waals surface area contributed by atoms with Crippen LogP contribution in [0.15, 0.2) is 0 Å². The second-order valence-electron chi connectivity index (χ2n) is 8.31. The average molecular weight is 543 g/mol. The minimum absolute atomic E-state index is 0.139. The summed E-state index contributed by atoms with van der Waals surface area (Å²) in [6.45, 7) is 7.35. The van der Waals surface area contributed by atoms with Crippen LogP contribution in [0.4, 0.5) is 0 Å². The maximum Gasteiger partial charge on any atom is 0.268 e. The molecule has 0 saturated heterocycles. The van der Waals surface area contributed by atoms with Crippen LogP contribution in [0.3, 0.4) is 0 Å². The summed E-state index contributed by atoms with van der Waals surface area (Å²) in [5.74, 6) is 0. The van der Waals surface area contributed by atoms with Gasteiger partial charge < -0.3 is 51.3 Å². The van der Waals surface area contributed by atoms with E-state index in [4.69, 9.17) is 18.5 Å². The topological polar surface area (TPSA) is 194 Å². The Morgan fingerprint density at radius 1 is 0.485 bits per heavy atom. The van der Waals surface area contributed by atoms with Crippen LogP contribution in [0.1, 0.15) is 41.5 Å². The zero-order valence-electron chi connectivity index (χ0n) is 19.7. The van der Waals surface area contributed by atoms with Gasteiger partial charge >= 0.3 is 0 Å². The summed E-state index contributed by atoms with van der Waals surface area (Å²) in [7, 11) is -13.5. The Kier molecular flexibility index (Phi) is 14.8. The highest BCUT2D eigenvalue weighted by molar-refractivity contribution is 7.46. The first-order valence-corrected chi connectivity index (χ1v) is 14.3. The van der Waals surface area contributed by atoms with E-state index in [1.54, 1.807) is 41.5 Å². The lowest BCUT2D eigenvalue weighted by molar-refractivity contribution is -0.236. The van der Waals surface area contributed by atoms with Crippen LogP contribution in [-0.4, -0.2) is 64.1 Å². The van der Waals surface area contributed by atoms with E-state index < -0.39 is 34.7 Å². The number of phosphoric ester groups is 3. The Hall–Kier alpha value is 0.250. The summed E-state index contributed by atoms with van der Waals surface area (Å²) >= 11 is 0. The van der Waals surface area contributed by atoms with Crippen molar-refractivity contribution < 1.29 is 65.0 Å². The summed E-state index contributed by atoms with van der Waals surface area (Å²) in [4.78, 5) is 34.6. The van der Waals surface area contributed by atoms with E-state index in [2.05, 4.69) is 18.1 Å². The zero-order valence-corrected chi connectivity index (χ0v) is 22.4. The van der Waals surface area contributed by atoms with E-state index in [0.717, 1.165) is 0 Å². The summed E-state index contributed by atoms with van der Waals surface area (Å²) in [6.07, 6.45) is 0. The standard InChI is InChI=1S/C16H37O14P3/c1-15(2,3)29-32(19,20)27-13-9-23-7-11-25-31(17,18)26-12-8-24-10-14-28-33(21,22)30-16(4,5)6/h7-14H2,1-6H3,(H,17,18)(H,19,20)(H,21,22)/p-3. The molecule has 2 atom stereocenters. The molecule has 0 aliphatic heterocycles. The van der Waals surface area contributed by atoms with Gasteiger partial charge in [-0.25, -0.2) is 0 Å². The molecule has 33 heavy (non-hydrogen) atoms. The fraction of sp³-hybridized carbons (Fsp3) is 1.00. The highest BCUT2D eigenvalue weighted by Gasteiger charge is 2.21. The van der Waals surface area contributed by atoms with Gasteiger partial charge in [-0.05, 0) is 41.5 Å². The van der Waals surface area contributed by atoms with Crippen molar-refractivity contribution in [2.45, 2.75) is 52.7 Å². The molecule has 0 aliphatic rings. The summed E-state index contributed by atoms with van der Waals surface area (Å²) in [5.41, 5.74) is -1.86. The molecule has 17 heteroatoms. The Morgan fingerprint density at radius 3 is 0.970 bits per heavy atom. The minimum Gasteiger partial charge on any atom is -0.756 e. The zero-order chi connectivity index (χ0) is 25.8. The Morgan fingerprint density at radius 2 is 0.727 bits per heavy atom. The molecule has 0 spiro atoms. The van der Waals surface area contributed by atoms with Crippen LogP contribution in [0, 0.1) is 0 Å². The summed E-state index contributed by atoms with van der Waals surface area (Å²) in [5, 5.41) is 0. The first-order valence-electron chi connectivity index (χ1n) is 9.91. The molecule has 0 amide bonds. The molecule has 0 rings (SSSR count). The van der Waals surface area contributed by atoms with Crippen molar-refractivity contribution in [1.82, 2.24) is 0 Å². The lowest BCUT2D eigenvalue weighted by atomic mass is 10.2. The molecule has 0 fully saturated rings. The van der Waals surface area contributed by atoms with Gasteiger partial charge in [0.2, 0.25) is 0 Å². The second kappa shape index (κ2) is 14.7. The second-order valence-corrected chi connectivity index (χ2v) is 12.4. The molecular formula is C16H34O14P3-3. The van der Waals surface area contributed by atoms with Gasteiger partial charge in [-0.15, -0.1) is 0 Å². The third-order valence-electron chi connectivity index (χ3n) is 2.68. The van der Waals surface area contributed by atoms with Gasteiger partial charge in [0.15, 0.2) is 0 Å². The Bertz CT molecular complexity index is 633. The number of rotatable bonds is 18. The Labute approximate surface area is 194 Å². The molecule has 0 saturated carbocycles. The van der Waals surface area contributed by atoms with Gasteiger partial charge in [0, 0.05) is 0 Å². The molecule has 0 aromatic rings. The van der Waals surface area contributed by atoms with Gasteiger partial charge in [0.1, 0.15) is 0 Å². The molecule has 0 N–H and O–H groups in total. The van der Waals surface area contributed by atoms with Crippen LogP contribution in [0.2, 0.25) is 0 Å². The van der Waals surface area contributed by atoms with E-state index >= 15 is 0 Å². The molecule has 0 radical (unpaired) electrons. The van der Waals surface area contributed by atoms with Crippen molar-refractivity contribution in [1.29, 1.82) is 0 Å². The van der Waals surface area contributed by atoms with E-state index in [1.165, 1.54) is 0 Å². The van der Waals surface area contributed by atoms with Gasteiger partial charge in [0.25, 0.3) is 23.5 Å². The molecule has 14 nitrogen and oxygen atoms in total. The lowest BCUT2D eigenvalue weighted by Gasteiger charge is -2.30. The predicted molar refractivity (Wildman–Crippen MR) is 110 cm³/mol. The fourth-order valence-corrected chi connectivity index (χ4v) is 4.51. The highest BCUT2D eigenvalue weighted by atomic mass is 31.2. The molecule has 2 unspecified atom stereocenters. The molecule has 0 aromatic heterocycles. The maximum atomic E-state index is 11.6. The van der Waals surface area contributed by atoms with Crippen molar-refractivity contribution in [2.24, 2.45) is 0 Å². The third kappa shape index (κ3) is 22.5. The van der Waals surface area contributed by atoms with Gasteiger partial charge in [-0.2, -0.15) is 0 Å². The van der Waals surface area contributed by atoms with E-state index in [1.807, 2.05) is 0 Å². The average Bonchev–Trinajstić information content (AvgIpc) is 2.55. The molecule has 0 bridgehead atoms. The quantitative estimate of drug-likeness (QED) is 0.176. The van der Waals surface area contributed by atoms with Crippen molar-refractivity contribution in [3.8, 4) is 0 Å². The van der Waals surface area contributed by atoms with Crippen LogP contribution in [-0.2, 0) is 50.3 Å². The van der Waals surface area contributed by atoms with E-state index in [-0.39, 0.29) is 52.9 Å². The number of ether oxygens (including phenoxy) is 2. The van der Waals surface area contributed by atoms with Crippen LogP contribution in [0.25, 0.3) is 0 Å². The number of hydrogen-bond acceptors (Lipinski definition) is 14. The normalized spacial score (nSPS) is 18.5. The number of phosphoric acid groups is 3. The lowest BCUT2D eigenvalue weighted by Crippen LogP contribution is -2.23. The van der Waals surface area contributed by atoms with Crippen molar-refractivity contribution in [2.75, 3.05) is 52.9 Å². The Balaban J connectivity index is 3.79. The smallest absolute Gasteiger partial charge is 0.268 e. The minimum atomic E-state index is -4.61. The highest BCUT2D eigenvalue weighted by Crippen LogP contribution is 2.43. The van der Waals surface area contributed by atoms with Gasteiger partial charge in [0.05, 0.1) is 64.1 Å². The van der Waals surface area contributed by atoms with Crippen LogP contribution in [0.5, 0.6) is 0 Å². The summed E-state index contributed by atoms with van der Waals surface area (Å²) in [6, 6.07) is 0. The van der Waals surface area contributed by atoms with Crippen molar-refractivity contribution in [3.63, 3.8) is 0 Å². The van der Waals surface area contributed by atoms with E-state index in [9.17, 15) is 28.4 Å². The van der Waals surface area contributed by atoms with Gasteiger partial charge in [-0.1, -0.05) is 0 Å². The largest absolute Gasteiger partial charge is 0.756 e. The number of hydrogen-bond donors (Lipinski definition) is 0. The van der Waals surface area contributed by atoms with Crippen LogP contribution >= 0.6 is 23.5 Å². The van der Waals surface area contributed by atoms with Gasteiger partial charge in [-0.3, -0.25) is 13.7 Å². The molecule has 0 aliphatic carbocycles. The first-order chi connectivity index (χ1) is 14.8. The predicted octanol–water partition coefficient (Wildman–Crippen LogP) is 1.12. The van der Waals surface area contributed by atoms with E-state index in [0.29, 0.717) is 0 Å². The SMILES string of the molecule is CC(C)(C)OP(=O)([O-])OCCOCCOP(=O)([O-])OCCOCCOP(=O)([O-])OC(C)(C)C. The fourth-order valence-electron chi connectivity index (χ4n) is 1.80. The molecule has 200 valence electrons. The van der Waals surface area contributed by atoms with Crippen molar-refractivity contribution >= 4 is 23.5 Å². The molecule has 0 heterocycles. The monoisotopic (exact) mass is 543 g/mol. The molecule has 0 aromatic carbocycles. The summed E-state index contributed by atoms with van der Waals surface area (Å²) < 4.78 is 72.4. The maximum absolute atomic E-state index is 11.6. The van der Waals surface area contributed by atoms with Crippen LogP contribution < -0.4 is 14.7 Å². The molecular weight excluding hydrogens is 509 g/mol. The first kappa shape index (κ1) is 33.2. The van der Waals surface area contributed by atoms with Crippen molar-refractivity contribution in [3.05, 3.63) is 0 Å².